The average molecular weight is 216 g/mol. The minimum atomic E-state index is -0.179. The molecule has 0 spiro atoms. The molecule has 1 aromatic carbocycles. The molecule has 0 bridgehead atoms. The number of rotatable bonds is 5. The second-order valence-corrected chi connectivity index (χ2v) is 3.66. The van der Waals surface area contributed by atoms with E-state index < -0.39 is 0 Å². The Labute approximate surface area is 96.0 Å². The van der Waals surface area contributed by atoms with E-state index in [1.807, 2.05) is 13.0 Å². The van der Waals surface area contributed by atoms with E-state index in [0.717, 1.165) is 12.8 Å². The van der Waals surface area contributed by atoms with Crippen LogP contribution in [0.25, 0.3) is 0 Å². The van der Waals surface area contributed by atoms with Crippen LogP contribution in [0.3, 0.4) is 0 Å². The Balaban J connectivity index is 2.97. The van der Waals surface area contributed by atoms with Crippen LogP contribution in [0, 0.1) is 0 Å². The third-order valence-electron chi connectivity index (χ3n) is 2.30. The van der Waals surface area contributed by atoms with E-state index in [1.54, 1.807) is 30.3 Å². The number of unbranched alkanes of at least 4 members (excludes halogenated alkanes) is 1. The summed E-state index contributed by atoms with van der Waals surface area (Å²) in [5.74, 6) is -0.344. The zero-order valence-corrected chi connectivity index (χ0v) is 9.69. The fourth-order valence-electron chi connectivity index (χ4n) is 1.43. The normalized spacial score (nSPS) is 11.2. The molecule has 16 heavy (non-hydrogen) atoms. The van der Waals surface area contributed by atoms with Crippen LogP contribution in [0.2, 0.25) is 0 Å². The van der Waals surface area contributed by atoms with Gasteiger partial charge in [0.05, 0.1) is 5.57 Å². The molecule has 2 heteroatoms. The van der Waals surface area contributed by atoms with Crippen LogP contribution in [-0.2, 0) is 4.79 Å². The minimum Gasteiger partial charge on any atom is -0.294 e. The minimum absolute atomic E-state index is 0.165. The van der Waals surface area contributed by atoms with Crippen molar-refractivity contribution >= 4 is 11.6 Å². The quantitative estimate of drug-likeness (QED) is 0.328. The maximum Gasteiger partial charge on any atom is 0.196 e. The lowest BCUT2D eigenvalue weighted by atomic mass is 9.99. The molecular weight excluding hydrogens is 200 g/mol. The molecule has 84 valence electrons. The number of allylic oxidation sites excluding steroid dienone is 2. The number of hydrogen-bond acceptors (Lipinski definition) is 2. The Bertz CT molecular complexity index is 402. The Morgan fingerprint density at radius 1 is 1.19 bits per heavy atom. The first kappa shape index (κ1) is 12.4. The monoisotopic (exact) mass is 216 g/mol. The maximum atomic E-state index is 12.0. The molecule has 0 aliphatic carbocycles. The molecule has 1 aromatic rings. The van der Waals surface area contributed by atoms with Gasteiger partial charge in [0.1, 0.15) is 0 Å². The van der Waals surface area contributed by atoms with Gasteiger partial charge in [0.25, 0.3) is 0 Å². The highest BCUT2D eigenvalue weighted by atomic mass is 16.1. The number of hydrogen-bond donors (Lipinski definition) is 0. The van der Waals surface area contributed by atoms with Gasteiger partial charge in [0, 0.05) is 5.56 Å². The summed E-state index contributed by atoms with van der Waals surface area (Å²) in [7, 11) is 0. The molecule has 0 aliphatic heterocycles. The lowest BCUT2D eigenvalue weighted by Gasteiger charge is -2.02. The van der Waals surface area contributed by atoms with E-state index in [-0.39, 0.29) is 11.6 Å². The third-order valence-corrected chi connectivity index (χ3v) is 2.30. The first-order valence-electron chi connectivity index (χ1n) is 5.47. The van der Waals surface area contributed by atoms with Crippen LogP contribution >= 0.6 is 0 Å². The van der Waals surface area contributed by atoms with Crippen LogP contribution in [0.1, 0.15) is 37.0 Å². The van der Waals surface area contributed by atoms with Crippen molar-refractivity contribution < 1.29 is 9.59 Å². The summed E-state index contributed by atoms with van der Waals surface area (Å²) in [4.78, 5) is 23.4. The molecule has 0 N–H and O–H groups in total. The van der Waals surface area contributed by atoms with E-state index in [4.69, 9.17) is 0 Å². The van der Waals surface area contributed by atoms with Gasteiger partial charge in [-0.2, -0.15) is 0 Å². The summed E-state index contributed by atoms with van der Waals surface area (Å²) in [6.07, 6.45) is 3.42. The fraction of sp³-hybridized carbons (Fsp3) is 0.286. The van der Waals surface area contributed by atoms with Gasteiger partial charge < -0.3 is 0 Å². The van der Waals surface area contributed by atoms with Crippen molar-refractivity contribution in [2.75, 3.05) is 0 Å². The molecule has 0 fully saturated rings. The number of benzene rings is 1. The average Bonchev–Trinajstić information content (AvgIpc) is 2.30. The molecule has 0 amide bonds. The second-order valence-electron chi connectivity index (χ2n) is 3.66. The summed E-state index contributed by atoms with van der Waals surface area (Å²) >= 11 is 0. The molecule has 0 saturated heterocycles. The molecule has 1 rings (SSSR count). The third kappa shape index (κ3) is 3.16. The smallest absolute Gasteiger partial charge is 0.196 e. The number of carbonyl (C=O) groups excluding carboxylic acids is 2. The standard InChI is InChI=1S/C14H16O2/c1-3-4-10-13(11(2)15)14(16)12-8-6-5-7-9-12/h5-10H,3-4H2,1-2H3/b13-10-. The van der Waals surface area contributed by atoms with Gasteiger partial charge in [0.15, 0.2) is 11.6 Å². The molecule has 2 nitrogen and oxygen atoms in total. The summed E-state index contributed by atoms with van der Waals surface area (Å²) in [5.41, 5.74) is 0.869. The van der Waals surface area contributed by atoms with Gasteiger partial charge in [-0.05, 0) is 13.3 Å². The Hall–Kier alpha value is -1.70. The van der Waals surface area contributed by atoms with E-state index in [0.29, 0.717) is 11.1 Å². The van der Waals surface area contributed by atoms with Crippen molar-refractivity contribution in [2.24, 2.45) is 0 Å². The van der Waals surface area contributed by atoms with Crippen LogP contribution in [0.5, 0.6) is 0 Å². The highest BCUT2D eigenvalue weighted by Crippen LogP contribution is 2.10. The highest BCUT2D eigenvalue weighted by Gasteiger charge is 2.15. The second kappa shape index (κ2) is 6.01. The van der Waals surface area contributed by atoms with Crippen molar-refractivity contribution in [1.82, 2.24) is 0 Å². The SMILES string of the molecule is CCC/C=C(/C(C)=O)C(=O)c1ccccc1. The molecule has 0 aliphatic rings. The molecule has 0 radical (unpaired) electrons. The van der Waals surface area contributed by atoms with Crippen LogP contribution in [-0.4, -0.2) is 11.6 Å². The van der Waals surface area contributed by atoms with Gasteiger partial charge in [-0.3, -0.25) is 9.59 Å². The zero-order chi connectivity index (χ0) is 12.0. The van der Waals surface area contributed by atoms with Crippen molar-refractivity contribution in [3.05, 3.63) is 47.5 Å². The zero-order valence-electron chi connectivity index (χ0n) is 9.69. The van der Waals surface area contributed by atoms with Gasteiger partial charge >= 0.3 is 0 Å². The molecule has 0 atom stereocenters. The lowest BCUT2D eigenvalue weighted by Crippen LogP contribution is -2.10. The van der Waals surface area contributed by atoms with Gasteiger partial charge in [-0.25, -0.2) is 0 Å². The van der Waals surface area contributed by atoms with Gasteiger partial charge in [0.2, 0.25) is 0 Å². The van der Waals surface area contributed by atoms with Crippen LogP contribution in [0.15, 0.2) is 42.0 Å². The number of carbonyl (C=O) groups is 2. The highest BCUT2D eigenvalue weighted by molar-refractivity contribution is 6.25. The van der Waals surface area contributed by atoms with E-state index in [9.17, 15) is 9.59 Å². The molecular formula is C14H16O2. The Kier molecular flexibility index (Phi) is 4.65. The largest absolute Gasteiger partial charge is 0.294 e. The topological polar surface area (TPSA) is 34.1 Å². The van der Waals surface area contributed by atoms with Crippen molar-refractivity contribution in [1.29, 1.82) is 0 Å². The van der Waals surface area contributed by atoms with E-state index in [1.165, 1.54) is 6.92 Å². The Morgan fingerprint density at radius 3 is 2.31 bits per heavy atom. The van der Waals surface area contributed by atoms with Crippen molar-refractivity contribution in [2.45, 2.75) is 26.7 Å². The van der Waals surface area contributed by atoms with E-state index in [2.05, 4.69) is 0 Å². The molecule has 0 saturated carbocycles. The predicted octanol–water partition coefficient (Wildman–Crippen LogP) is 3.18. The molecule has 0 heterocycles. The summed E-state index contributed by atoms with van der Waals surface area (Å²) < 4.78 is 0. The number of Topliss-reactive ketones (excluding diaryl/α,β-unsaturated/α-hetero) is 2. The lowest BCUT2D eigenvalue weighted by molar-refractivity contribution is -0.113. The van der Waals surface area contributed by atoms with Gasteiger partial charge in [-0.1, -0.05) is 49.8 Å². The predicted molar refractivity (Wildman–Crippen MR) is 64.4 cm³/mol. The summed E-state index contributed by atoms with van der Waals surface area (Å²) in [6.45, 7) is 3.45. The maximum absolute atomic E-state index is 12.0. The Morgan fingerprint density at radius 2 is 1.81 bits per heavy atom. The molecule has 0 unspecified atom stereocenters. The van der Waals surface area contributed by atoms with Crippen LogP contribution in [0.4, 0.5) is 0 Å². The van der Waals surface area contributed by atoms with Gasteiger partial charge in [-0.15, -0.1) is 0 Å². The molecule has 0 aromatic heterocycles. The first-order chi connectivity index (χ1) is 7.66. The van der Waals surface area contributed by atoms with Crippen molar-refractivity contribution in [3.63, 3.8) is 0 Å². The summed E-state index contributed by atoms with van der Waals surface area (Å²) in [6, 6.07) is 8.89. The van der Waals surface area contributed by atoms with Crippen LogP contribution < -0.4 is 0 Å². The first-order valence-corrected chi connectivity index (χ1v) is 5.47. The van der Waals surface area contributed by atoms with Crippen molar-refractivity contribution in [3.8, 4) is 0 Å². The van der Waals surface area contributed by atoms with E-state index >= 15 is 0 Å². The number of ketones is 2. The fourth-order valence-corrected chi connectivity index (χ4v) is 1.43. The summed E-state index contributed by atoms with van der Waals surface area (Å²) in [5, 5.41) is 0.